The third kappa shape index (κ3) is 73.0. The number of unbranched alkanes of at least 4 members (excludes halogenated alkanes) is 46. The van der Waals surface area contributed by atoms with Gasteiger partial charge in [-0.25, -0.2) is 9.13 Å². The predicted molar refractivity (Wildman–Crippen MR) is 409 cm³/mol. The van der Waals surface area contributed by atoms with Crippen molar-refractivity contribution in [1.82, 2.24) is 0 Å². The standard InChI is InChI=1S/C81H158O17P2/c1-8-10-11-12-13-14-15-16-17-18-19-20-21-22-27-35-43-50-57-64-80(85)97-76(68-91-78(83)62-55-48-41-34-26-24-23-25-31-38-45-52-59-72(3)4)70-95-99(87,88)93-66-75(82)67-94-100(89,90)96-71-77(69-92-79(84)63-56-49-42-37-30-32-39-46-53-60-73(5)6)98-81(86)65-58-51-44-36-29-28-33-40-47-54-61-74(7)9-2/h72-77,82H,8-71H2,1-7H3,(H,87,88)(H,89,90)/t74?,75-,76-,77-/m1/s1. The fourth-order valence-corrected chi connectivity index (χ4v) is 14.0. The predicted octanol–water partition coefficient (Wildman–Crippen LogP) is 24.1. The lowest BCUT2D eigenvalue weighted by Gasteiger charge is -2.21. The lowest BCUT2D eigenvalue weighted by atomic mass is 9.99. The van der Waals surface area contributed by atoms with E-state index in [1.807, 2.05) is 0 Å². The molecule has 0 aromatic carbocycles. The second-order valence-electron chi connectivity index (χ2n) is 30.4. The Balaban J connectivity index is 5.26. The molecule has 0 rings (SSSR count). The summed E-state index contributed by atoms with van der Waals surface area (Å²) in [6.45, 7) is 12.0. The van der Waals surface area contributed by atoms with Crippen molar-refractivity contribution in [2.24, 2.45) is 17.8 Å². The first kappa shape index (κ1) is 98.1. The zero-order valence-electron chi connectivity index (χ0n) is 65.7. The normalized spacial score (nSPS) is 14.2. The molecule has 0 saturated heterocycles. The van der Waals surface area contributed by atoms with Crippen LogP contribution in [0.3, 0.4) is 0 Å². The van der Waals surface area contributed by atoms with E-state index in [1.165, 1.54) is 231 Å². The smallest absolute Gasteiger partial charge is 0.462 e. The molecular formula is C81H158O17P2. The van der Waals surface area contributed by atoms with Crippen LogP contribution in [0.15, 0.2) is 0 Å². The Morgan fingerprint density at radius 3 is 0.760 bits per heavy atom. The van der Waals surface area contributed by atoms with Gasteiger partial charge in [0.05, 0.1) is 26.4 Å². The van der Waals surface area contributed by atoms with Gasteiger partial charge in [-0.2, -0.15) is 0 Å². The van der Waals surface area contributed by atoms with Crippen molar-refractivity contribution in [1.29, 1.82) is 0 Å². The summed E-state index contributed by atoms with van der Waals surface area (Å²) < 4.78 is 68.8. The molecule has 0 radical (unpaired) electrons. The Bertz CT molecular complexity index is 1940. The molecule has 19 heteroatoms. The second-order valence-corrected chi connectivity index (χ2v) is 33.3. The molecule has 0 bridgehead atoms. The van der Waals surface area contributed by atoms with Crippen molar-refractivity contribution in [2.45, 2.75) is 439 Å². The van der Waals surface area contributed by atoms with Crippen LogP contribution in [-0.4, -0.2) is 96.7 Å². The first-order valence-corrected chi connectivity index (χ1v) is 44.9. The number of esters is 4. The number of phosphoric ester groups is 2. The average molecular weight is 1470 g/mol. The van der Waals surface area contributed by atoms with Gasteiger partial charge in [0.15, 0.2) is 12.2 Å². The maximum atomic E-state index is 13.1. The number of carbonyl (C=O) groups excluding carboxylic acids is 4. The van der Waals surface area contributed by atoms with Crippen molar-refractivity contribution >= 4 is 39.5 Å². The molecule has 0 saturated carbocycles. The largest absolute Gasteiger partial charge is 0.472 e. The maximum Gasteiger partial charge on any atom is 0.472 e. The summed E-state index contributed by atoms with van der Waals surface area (Å²) in [4.78, 5) is 73.1. The van der Waals surface area contributed by atoms with Gasteiger partial charge in [-0.3, -0.25) is 37.3 Å². The van der Waals surface area contributed by atoms with Crippen LogP contribution in [0.5, 0.6) is 0 Å². The Hall–Kier alpha value is -1.94. The number of carbonyl (C=O) groups is 4. The van der Waals surface area contributed by atoms with E-state index in [-0.39, 0.29) is 25.7 Å². The van der Waals surface area contributed by atoms with Gasteiger partial charge in [0.2, 0.25) is 0 Å². The average Bonchev–Trinajstić information content (AvgIpc) is 0.946. The molecule has 0 aliphatic heterocycles. The maximum absolute atomic E-state index is 13.1. The zero-order valence-corrected chi connectivity index (χ0v) is 67.5. The van der Waals surface area contributed by atoms with Crippen LogP contribution in [0.25, 0.3) is 0 Å². The monoisotopic (exact) mass is 1470 g/mol. The van der Waals surface area contributed by atoms with Crippen molar-refractivity contribution in [3.63, 3.8) is 0 Å². The van der Waals surface area contributed by atoms with Gasteiger partial charge < -0.3 is 33.8 Å². The summed E-state index contributed by atoms with van der Waals surface area (Å²) >= 11 is 0. The number of phosphoric acid groups is 2. The van der Waals surface area contributed by atoms with E-state index in [2.05, 4.69) is 48.5 Å². The molecule has 0 aliphatic carbocycles. The quantitative estimate of drug-likeness (QED) is 0.0222. The molecule has 0 aromatic heterocycles. The van der Waals surface area contributed by atoms with E-state index in [9.17, 15) is 43.2 Å². The van der Waals surface area contributed by atoms with E-state index in [0.717, 1.165) is 108 Å². The molecule has 17 nitrogen and oxygen atoms in total. The van der Waals surface area contributed by atoms with Gasteiger partial charge in [0.1, 0.15) is 19.3 Å². The van der Waals surface area contributed by atoms with E-state index in [4.69, 9.17) is 37.0 Å². The number of hydrogen-bond acceptors (Lipinski definition) is 15. The van der Waals surface area contributed by atoms with Crippen LogP contribution in [-0.2, 0) is 65.4 Å². The fourth-order valence-electron chi connectivity index (χ4n) is 12.5. The lowest BCUT2D eigenvalue weighted by Crippen LogP contribution is -2.30. The summed E-state index contributed by atoms with van der Waals surface area (Å²) in [6.07, 6.45) is 59.6. The molecule has 0 aliphatic rings. The highest BCUT2D eigenvalue weighted by molar-refractivity contribution is 7.47. The van der Waals surface area contributed by atoms with Gasteiger partial charge in [0, 0.05) is 25.7 Å². The summed E-state index contributed by atoms with van der Waals surface area (Å²) in [6, 6.07) is 0. The third-order valence-corrected chi connectivity index (χ3v) is 21.1. The van der Waals surface area contributed by atoms with Gasteiger partial charge in [-0.15, -0.1) is 0 Å². The number of hydrogen-bond donors (Lipinski definition) is 3. The molecule has 0 amide bonds. The Morgan fingerprint density at radius 2 is 0.510 bits per heavy atom. The highest BCUT2D eigenvalue weighted by atomic mass is 31.2. The highest BCUT2D eigenvalue weighted by Gasteiger charge is 2.30. The molecule has 6 atom stereocenters. The summed E-state index contributed by atoms with van der Waals surface area (Å²) in [5, 5.41) is 10.6. The summed E-state index contributed by atoms with van der Waals surface area (Å²) in [7, 11) is -9.92. The van der Waals surface area contributed by atoms with Crippen molar-refractivity contribution in [3.05, 3.63) is 0 Å². The molecule has 0 spiro atoms. The third-order valence-electron chi connectivity index (χ3n) is 19.2. The molecule has 3 N–H and O–H groups in total. The van der Waals surface area contributed by atoms with Crippen LogP contribution in [0.2, 0.25) is 0 Å². The van der Waals surface area contributed by atoms with Crippen LogP contribution in [0, 0.1) is 17.8 Å². The highest BCUT2D eigenvalue weighted by Crippen LogP contribution is 2.45. The lowest BCUT2D eigenvalue weighted by molar-refractivity contribution is -0.161. The zero-order chi connectivity index (χ0) is 73.7. The van der Waals surface area contributed by atoms with Crippen molar-refractivity contribution < 1.29 is 80.2 Å². The van der Waals surface area contributed by atoms with Crippen LogP contribution >= 0.6 is 15.6 Å². The first-order chi connectivity index (χ1) is 48.3. The van der Waals surface area contributed by atoms with Gasteiger partial charge >= 0.3 is 39.5 Å². The first-order valence-electron chi connectivity index (χ1n) is 41.9. The van der Waals surface area contributed by atoms with Gasteiger partial charge in [0.25, 0.3) is 0 Å². The molecule has 0 fully saturated rings. The molecular weight excluding hydrogens is 1310 g/mol. The topological polar surface area (TPSA) is 237 Å². The summed E-state index contributed by atoms with van der Waals surface area (Å²) in [5.74, 6) is 0.218. The second kappa shape index (κ2) is 71.3. The van der Waals surface area contributed by atoms with E-state index >= 15 is 0 Å². The van der Waals surface area contributed by atoms with E-state index in [1.54, 1.807) is 0 Å². The molecule has 0 heterocycles. The van der Waals surface area contributed by atoms with Crippen LogP contribution in [0.4, 0.5) is 0 Å². The minimum absolute atomic E-state index is 0.106. The fraction of sp³-hybridized carbons (Fsp3) is 0.951. The SMILES string of the molecule is CCCCCCCCCCCCCCCCCCCCCC(=O)O[C@H](COC(=O)CCCCCCCCCCCCCCC(C)C)COP(=O)(O)OC[C@@H](O)COP(=O)(O)OC[C@@H](COC(=O)CCCCCCCCCCCC(C)C)OC(=O)CCCCCCCCCCCCC(C)CC. The van der Waals surface area contributed by atoms with Crippen molar-refractivity contribution in [3.8, 4) is 0 Å². The number of aliphatic hydroxyl groups is 1. The molecule has 594 valence electrons. The molecule has 100 heavy (non-hydrogen) atoms. The Morgan fingerprint density at radius 1 is 0.290 bits per heavy atom. The summed E-state index contributed by atoms with van der Waals surface area (Å²) in [5.41, 5.74) is 0. The number of aliphatic hydroxyl groups excluding tert-OH is 1. The minimum Gasteiger partial charge on any atom is -0.462 e. The van der Waals surface area contributed by atoms with Gasteiger partial charge in [-0.1, -0.05) is 370 Å². The Labute approximate surface area is 613 Å². The Kier molecular flexibility index (Phi) is 69.9. The van der Waals surface area contributed by atoms with Gasteiger partial charge in [-0.05, 0) is 43.4 Å². The van der Waals surface area contributed by atoms with E-state index < -0.39 is 97.5 Å². The molecule has 3 unspecified atom stereocenters. The number of ether oxygens (including phenoxy) is 4. The van der Waals surface area contributed by atoms with Crippen LogP contribution in [0.1, 0.15) is 421 Å². The van der Waals surface area contributed by atoms with Crippen molar-refractivity contribution in [2.75, 3.05) is 39.6 Å². The van der Waals surface area contributed by atoms with Crippen LogP contribution < -0.4 is 0 Å². The minimum atomic E-state index is -4.96. The number of rotatable bonds is 79. The molecule has 0 aromatic rings. The van der Waals surface area contributed by atoms with E-state index in [0.29, 0.717) is 25.7 Å².